The number of aromatic amines is 1. The predicted octanol–water partition coefficient (Wildman–Crippen LogP) is 3.75. The number of H-pyrrole nitrogens is 1. The molecular formula is C23H28N2O5S2. The van der Waals surface area contributed by atoms with Crippen molar-refractivity contribution >= 4 is 36.9 Å². The highest BCUT2D eigenvalue weighted by atomic mass is 32.2. The molecule has 0 unspecified atom stereocenters. The zero-order valence-corrected chi connectivity index (χ0v) is 19.7. The van der Waals surface area contributed by atoms with Gasteiger partial charge >= 0.3 is 0 Å². The minimum Gasteiger partial charge on any atom is -0.361 e. The first-order valence-corrected chi connectivity index (χ1v) is 13.6. The van der Waals surface area contributed by atoms with Gasteiger partial charge in [0.2, 0.25) is 0 Å². The number of hydrogen-bond donors (Lipinski definition) is 2. The Hall–Kier alpha value is -2.46. The second-order valence-electron chi connectivity index (χ2n) is 7.99. The van der Waals surface area contributed by atoms with Crippen LogP contribution in [0.3, 0.4) is 0 Å². The Morgan fingerprint density at radius 2 is 1.81 bits per heavy atom. The molecule has 172 valence electrons. The van der Waals surface area contributed by atoms with Gasteiger partial charge in [0.05, 0.1) is 11.2 Å². The molecule has 4 rings (SSSR count). The lowest BCUT2D eigenvalue weighted by Gasteiger charge is -2.18. The summed E-state index contributed by atoms with van der Waals surface area (Å²) >= 11 is 0. The molecule has 2 N–H and O–H groups in total. The number of nitrogens with zero attached hydrogens (tertiary/aromatic N) is 1. The van der Waals surface area contributed by atoms with Crippen molar-refractivity contribution < 1.29 is 21.4 Å². The van der Waals surface area contributed by atoms with E-state index in [1.54, 1.807) is 30.3 Å². The van der Waals surface area contributed by atoms with Gasteiger partial charge in [0.1, 0.15) is 0 Å². The zero-order valence-electron chi connectivity index (χ0n) is 18.1. The number of hydrogen-bond acceptors (Lipinski definition) is 5. The van der Waals surface area contributed by atoms with Crippen LogP contribution in [-0.4, -0.2) is 57.2 Å². The molecule has 32 heavy (non-hydrogen) atoms. The molecule has 0 radical (unpaired) electrons. The van der Waals surface area contributed by atoms with Gasteiger partial charge in [-0.3, -0.25) is 4.55 Å². The Morgan fingerprint density at radius 1 is 1.12 bits per heavy atom. The fourth-order valence-corrected chi connectivity index (χ4v) is 4.85. The van der Waals surface area contributed by atoms with Crippen LogP contribution in [0, 0.1) is 0 Å². The number of likely N-dealkylation sites (N-methyl/N-ethyl adjacent to an activating group) is 1. The first kappa shape index (κ1) is 24.2. The minimum absolute atomic E-state index is 0.314. The number of benzene rings is 2. The maximum atomic E-state index is 12.5. The van der Waals surface area contributed by atoms with Crippen LogP contribution in [-0.2, 0) is 26.4 Å². The smallest absolute Gasteiger partial charge is 0.261 e. The van der Waals surface area contributed by atoms with E-state index >= 15 is 0 Å². The average Bonchev–Trinajstić information content (AvgIpc) is 3.32. The molecule has 0 aliphatic carbocycles. The molecule has 3 aromatic rings. The lowest BCUT2D eigenvalue weighted by Crippen LogP contribution is -2.26. The summed E-state index contributed by atoms with van der Waals surface area (Å²) < 4.78 is 50.8. The largest absolute Gasteiger partial charge is 0.361 e. The summed E-state index contributed by atoms with van der Waals surface area (Å²) in [4.78, 5) is 6.08. The highest BCUT2D eigenvalue weighted by Gasteiger charge is 2.22. The third-order valence-corrected chi connectivity index (χ3v) is 6.85. The third-order valence-electron chi connectivity index (χ3n) is 5.43. The van der Waals surface area contributed by atoms with Crippen LogP contribution in [0.5, 0.6) is 0 Å². The molecule has 2 aromatic carbocycles. The monoisotopic (exact) mass is 476 g/mol. The van der Waals surface area contributed by atoms with Crippen LogP contribution in [0.15, 0.2) is 65.0 Å². The lowest BCUT2D eigenvalue weighted by atomic mass is 10.0. The average molecular weight is 477 g/mol. The molecule has 9 heteroatoms. The van der Waals surface area contributed by atoms with Crippen LogP contribution < -0.4 is 0 Å². The fraction of sp³-hybridized carbons (Fsp3) is 0.304. The molecular weight excluding hydrogens is 448 g/mol. The molecule has 0 amide bonds. The van der Waals surface area contributed by atoms with Gasteiger partial charge in [0, 0.05) is 28.5 Å². The van der Waals surface area contributed by atoms with Crippen LogP contribution in [0.2, 0.25) is 0 Å². The number of rotatable bonds is 5. The SMILES string of the molecule is CN1CCC[C@@H]1Cc1c[nH]c2ccc(C=CS(=O)(=O)c3ccccc3)cc12.CS(=O)(=O)O. The van der Waals surface area contributed by atoms with Crippen molar-refractivity contribution in [1.29, 1.82) is 0 Å². The Kier molecular flexibility index (Phi) is 7.55. The molecule has 0 spiro atoms. The summed E-state index contributed by atoms with van der Waals surface area (Å²) in [6.07, 6.45) is 8.00. The Bertz CT molecular complexity index is 1290. The molecule has 1 aromatic heterocycles. The van der Waals surface area contributed by atoms with E-state index in [0.717, 1.165) is 17.5 Å². The van der Waals surface area contributed by atoms with Gasteiger partial charge < -0.3 is 9.88 Å². The van der Waals surface area contributed by atoms with E-state index < -0.39 is 20.0 Å². The van der Waals surface area contributed by atoms with Crippen molar-refractivity contribution in [3.05, 3.63) is 71.3 Å². The van der Waals surface area contributed by atoms with Crippen molar-refractivity contribution in [2.24, 2.45) is 0 Å². The van der Waals surface area contributed by atoms with Crippen LogP contribution >= 0.6 is 0 Å². The molecule has 7 nitrogen and oxygen atoms in total. The number of aromatic nitrogens is 1. The van der Waals surface area contributed by atoms with Crippen molar-refractivity contribution in [3.8, 4) is 0 Å². The molecule has 1 saturated heterocycles. The standard InChI is InChI=1S/C22H24N2O2S.CH4O3S/c1-24-12-5-6-19(24)15-18-16-23-22-10-9-17(14-21(18)22)11-13-27(25,26)20-7-3-2-4-8-20;1-5(2,3)4/h2-4,7-11,13-14,16,19,23H,5-6,12,15H2,1H3;1H3,(H,2,3,4)/t19-;/m1./s1. The number of sulfone groups is 1. The van der Waals surface area contributed by atoms with Gasteiger partial charge in [-0.2, -0.15) is 8.42 Å². The molecule has 1 aliphatic heterocycles. The van der Waals surface area contributed by atoms with Crippen LogP contribution in [0.4, 0.5) is 0 Å². The zero-order chi connectivity index (χ0) is 23.4. The second-order valence-corrected chi connectivity index (χ2v) is 11.3. The summed E-state index contributed by atoms with van der Waals surface area (Å²) in [6, 6.07) is 15.1. The number of nitrogens with one attached hydrogen (secondary N) is 1. The topological polar surface area (TPSA) is 108 Å². The van der Waals surface area contributed by atoms with Crippen molar-refractivity contribution in [2.75, 3.05) is 19.8 Å². The molecule has 1 aliphatic rings. The van der Waals surface area contributed by atoms with Gasteiger partial charge in [-0.1, -0.05) is 24.3 Å². The summed E-state index contributed by atoms with van der Waals surface area (Å²) in [5.74, 6) is 0. The predicted molar refractivity (Wildman–Crippen MR) is 128 cm³/mol. The van der Waals surface area contributed by atoms with E-state index in [4.69, 9.17) is 4.55 Å². The van der Waals surface area contributed by atoms with E-state index in [-0.39, 0.29) is 0 Å². The first-order chi connectivity index (χ1) is 15.0. The Morgan fingerprint density at radius 3 is 2.44 bits per heavy atom. The quantitative estimate of drug-likeness (QED) is 0.543. The normalized spacial score (nSPS) is 17.5. The number of fused-ring (bicyclic) bond motifs is 1. The minimum atomic E-state index is -3.67. The van der Waals surface area contributed by atoms with Gasteiger partial charge in [0.15, 0.2) is 9.84 Å². The summed E-state index contributed by atoms with van der Waals surface area (Å²) in [5, 5.41) is 2.47. The number of likely N-dealkylation sites (tertiary alicyclic amines) is 1. The second kappa shape index (κ2) is 9.99. The Balaban J connectivity index is 0.000000523. The van der Waals surface area contributed by atoms with Gasteiger partial charge in [-0.25, -0.2) is 8.42 Å². The van der Waals surface area contributed by atoms with E-state index in [1.165, 1.54) is 35.7 Å². The van der Waals surface area contributed by atoms with E-state index in [0.29, 0.717) is 17.2 Å². The molecule has 0 bridgehead atoms. The molecule has 1 atom stereocenters. The van der Waals surface area contributed by atoms with E-state index in [9.17, 15) is 16.8 Å². The summed E-state index contributed by atoms with van der Waals surface area (Å²) in [6.45, 7) is 1.17. The first-order valence-electron chi connectivity index (χ1n) is 10.2. The Labute approximate surface area is 189 Å². The maximum absolute atomic E-state index is 12.5. The third kappa shape index (κ3) is 6.77. The van der Waals surface area contributed by atoms with Gasteiger partial charge in [-0.05, 0) is 74.3 Å². The van der Waals surface area contributed by atoms with E-state index in [1.807, 2.05) is 18.2 Å². The summed E-state index contributed by atoms with van der Waals surface area (Å²) in [5.41, 5.74) is 3.28. The highest BCUT2D eigenvalue weighted by Crippen LogP contribution is 2.26. The van der Waals surface area contributed by atoms with Crippen molar-refractivity contribution in [2.45, 2.75) is 30.2 Å². The fourth-order valence-electron chi connectivity index (χ4n) is 3.82. The summed E-state index contributed by atoms with van der Waals surface area (Å²) in [7, 11) is -4.91. The maximum Gasteiger partial charge on any atom is 0.261 e. The molecule has 2 heterocycles. The van der Waals surface area contributed by atoms with Crippen LogP contribution in [0.1, 0.15) is 24.0 Å². The lowest BCUT2D eigenvalue weighted by molar-refractivity contribution is 0.310. The van der Waals surface area contributed by atoms with Crippen molar-refractivity contribution in [3.63, 3.8) is 0 Å². The van der Waals surface area contributed by atoms with Crippen molar-refractivity contribution in [1.82, 2.24) is 9.88 Å². The molecule has 0 saturated carbocycles. The molecule has 1 fully saturated rings. The van der Waals surface area contributed by atoms with E-state index in [2.05, 4.69) is 29.2 Å². The van der Waals surface area contributed by atoms with Gasteiger partial charge in [0.25, 0.3) is 10.1 Å². The van der Waals surface area contributed by atoms with Gasteiger partial charge in [-0.15, -0.1) is 0 Å². The van der Waals surface area contributed by atoms with Crippen LogP contribution in [0.25, 0.3) is 17.0 Å². The highest BCUT2D eigenvalue weighted by molar-refractivity contribution is 7.94.